The molecular formula is C12H16N2O4. The summed E-state index contributed by atoms with van der Waals surface area (Å²) in [6.45, 7) is 1.82. The molecule has 0 saturated heterocycles. The van der Waals surface area contributed by atoms with Gasteiger partial charge in [-0.05, 0) is 24.6 Å². The van der Waals surface area contributed by atoms with Crippen molar-refractivity contribution in [3.63, 3.8) is 0 Å². The number of anilines is 1. The molecule has 0 bridgehead atoms. The van der Waals surface area contributed by atoms with Crippen LogP contribution < -0.4 is 11.1 Å². The number of ether oxygens (including phenoxy) is 1. The zero-order chi connectivity index (χ0) is 13.7. The van der Waals surface area contributed by atoms with Crippen molar-refractivity contribution in [1.29, 1.82) is 0 Å². The Labute approximate surface area is 105 Å². The monoisotopic (exact) mass is 252 g/mol. The summed E-state index contributed by atoms with van der Waals surface area (Å²) >= 11 is 0. The van der Waals surface area contributed by atoms with E-state index in [0.29, 0.717) is 5.69 Å². The van der Waals surface area contributed by atoms with Crippen molar-refractivity contribution >= 4 is 17.6 Å². The third-order valence-corrected chi connectivity index (χ3v) is 2.40. The Hall–Kier alpha value is -2.08. The molecule has 1 amide bonds. The molecule has 1 rings (SSSR count). The summed E-state index contributed by atoms with van der Waals surface area (Å²) in [6, 6.07) is 4.03. The fourth-order valence-electron chi connectivity index (χ4n) is 1.52. The van der Waals surface area contributed by atoms with Gasteiger partial charge in [0, 0.05) is 12.8 Å². The number of aryl methyl sites for hydroxylation is 1. The first kappa shape index (κ1) is 14.0. The standard InChI is InChI=1S/C12H16N2O4/c1-7-3-4-8(11(13)15)9(5-7)14-10(6-18-2)12(16)17/h3-5,10,14H,6H2,1-2H3,(H2,13,15)(H,16,17). The molecule has 0 aliphatic heterocycles. The lowest BCUT2D eigenvalue weighted by molar-refractivity contribution is -0.139. The van der Waals surface area contributed by atoms with E-state index in [1.807, 2.05) is 6.92 Å². The molecule has 0 radical (unpaired) electrons. The van der Waals surface area contributed by atoms with E-state index in [1.165, 1.54) is 7.11 Å². The van der Waals surface area contributed by atoms with Gasteiger partial charge in [-0.2, -0.15) is 0 Å². The third kappa shape index (κ3) is 3.46. The fourth-order valence-corrected chi connectivity index (χ4v) is 1.52. The maximum Gasteiger partial charge on any atom is 0.328 e. The van der Waals surface area contributed by atoms with Crippen molar-refractivity contribution in [2.45, 2.75) is 13.0 Å². The lowest BCUT2D eigenvalue weighted by atomic mass is 10.1. The minimum Gasteiger partial charge on any atom is -0.480 e. The van der Waals surface area contributed by atoms with E-state index in [1.54, 1.807) is 18.2 Å². The van der Waals surface area contributed by atoms with Crippen LogP contribution in [0.5, 0.6) is 0 Å². The minimum absolute atomic E-state index is 0.0124. The lowest BCUT2D eigenvalue weighted by Crippen LogP contribution is -2.34. The first-order valence-electron chi connectivity index (χ1n) is 5.34. The van der Waals surface area contributed by atoms with Crippen LogP contribution in [0.25, 0.3) is 0 Å². The van der Waals surface area contributed by atoms with Crippen LogP contribution in [0.2, 0.25) is 0 Å². The molecule has 0 aromatic heterocycles. The van der Waals surface area contributed by atoms with Gasteiger partial charge in [-0.3, -0.25) is 4.79 Å². The Balaban J connectivity index is 3.03. The SMILES string of the molecule is COCC(Nc1cc(C)ccc1C(N)=O)C(=O)O. The number of aliphatic carboxylic acids is 1. The highest BCUT2D eigenvalue weighted by Gasteiger charge is 2.19. The number of nitrogens with one attached hydrogen (secondary N) is 1. The lowest BCUT2D eigenvalue weighted by Gasteiger charge is -2.17. The molecule has 1 aromatic rings. The Bertz CT molecular complexity index is 459. The molecule has 6 heteroatoms. The number of rotatable bonds is 6. The predicted molar refractivity (Wildman–Crippen MR) is 66.6 cm³/mol. The van der Waals surface area contributed by atoms with E-state index in [0.717, 1.165) is 5.56 Å². The molecule has 0 saturated carbocycles. The van der Waals surface area contributed by atoms with Gasteiger partial charge in [0.1, 0.15) is 6.04 Å². The number of benzene rings is 1. The van der Waals surface area contributed by atoms with Gasteiger partial charge in [0.25, 0.3) is 5.91 Å². The maximum atomic E-state index is 11.2. The van der Waals surface area contributed by atoms with Crippen molar-refractivity contribution in [2.75, 3.05) is 19.0 Å². The van der Waals surface area contributed by atoms with Gasteiger partial charge in [-0.25, -0.2) is 4.79 Å². The molecule has 0 aliphatic carbocycles. The van der Waals surface area contributed by atoms with Gasteiger partial charge in [0.15, 0.2) is 0 Å². The highest BCUT2D eigenvalue weighted by molar-refractivity contribution is 5.99. The first-order valence-corrected chi connectivity index (χ1v) is 5.34. The smallest absolute Gasteiger partial charge is 0.328 e. The number of primary amides is 1. The molecule has 0 heterocycles. The number of carbonyl (C=O) groups excluding carboxylic acids is 1. The molecule has 1 atom stereocenters. The normalized spacial score (nSPS) is 11.9. The van der Waals surface area contributed by atoms with Crippen molar-refractivity contribution in [3.05, 3.63) is 29.3 Å². The van der Waals surface area contributed by atoms with E-state index >= 15 is 0 Å². The van der Waals surface area contributed by atoms with Crippen LogP contribution in [0.1, 0.15) is 15.9 Å². The molecule has 4 N–H and O–H groups in total. The number of amides is 1. The topological polar surface area (TPSA) is 102 Å². The average Bonchev–Trinajstić information content (AvgIpc) is 2.28. The summed E-state index contributed by atoms with van der Waals surface area (Å²) in [5, 5.41) is 11.8. The molecule has 0 aliphatic rings. The average molecular weight is 252 g/mol. The third-order valence-electron chi connectivity index (χ3n) is 2.40. The number of carbonyl (C=O) groups is 2. The molecular weight excluding hydrogens is 236 g/mol. The Morgan fingerprint density at radius 3 is 2.67 bits per heavy atom. The summed E-state index contributed by atoms with van der Waals surface area (Å²) in [4.78, 5) is 22.2. The molecule has 0 fully saturated rings. The molecule has 1 unspecified atom stereocenters. The predicted octanol–water partition coefficient (Wildman–Crippen LogP) is 0.605. The van der Waals surface area contributed by atoms with E-state index in [4.69, 9.17) is 15.6 Å². The largest absolute Gasteiger partial charge is 0.480 e. The Kier molecular flexibility index (Phi) is 4.67. The first-order chi connectivity index (χ1) is 8.45. The fraction of sp³-hybridized carbons (Fsp3) is 0.333. The summed E-state index contributed by atoms with van der Waals surface area (Å²) in [5.74, 6) is -1.67. The number of carboxylic acids is 1. The van der Waals surface area contributed by atoms with Crippen molar-refractivity contribution in [1.82, 2.24) is 0 Å². The van der Waals surface area contributed by atoms with Gasteiger partial charge in [-0.1, -0.05) is 6.07 Å². The van der Waals surface area contributed by atoms with E-state index in [-0.39, 0.29) is 12.2 Å². The number of methoxy groups -OCH3 is 1. The van der Waals surface area contributed by atoms with E-state index < -0.39 is 17.9 Å². The van der Waals surface area contributed by atoms with E-state index in [9.17, 15) is 9.59 Å². The number of hydrogen-bond acceptors (Lipinski definition) is 4. The van der Waals surface area contributed by atoms with Crippen LogP contribution >= 0.6 is 0 Å². The summed E-state index contributed by atoms with van der Waals surface area (Å²) in [7, 11) is 1.41. The second kappa shape index (κ2) is 6.02. The highest BCUT2D eigenvalue weighted by atomic mass is 16.5. The van der Waals surface area contributed by atoms with Crippen LogP contribution in [0.4, 0.5) is 5.69 Å². The highest BCUT2D eigenvalue weighted by Crippen LogP contribution is 2.18. The van der Waals surface area contributed by atoms with Crippen LogP contribution in [-0.2, 0) is 9.53 Å². The Morgan fingerprint density at radius 2 is 2.17 bits per heavy atom. The quantitative estimate of drug-likeness (QED) is 0.688. The second-order valence-electron chi connectivity index (χ2n) is 3.90. The van der Waals surface area contributed by atoms with Crippen molar-refractivity contribution < 1.29 is 19.4 Å². The van der Waals surface area contributed by atoms with Crippen LogP contribution in [-0.4, -0.2) is 36.7 Å². The van der Waals surface area contributed by atoms with Crippen LogP contribution in [0.15, 0.2) is 18.2 Å². The zero-order valence-electron chi connectivity index (χ0n) is 10.3. The number of nitrogens with two attached hydrogens (primary N) is 1. The second-order valence-corrected chi connectivity index (χ2v) is 3.90. The van der Waals surface area contributed by atoms with Crippen LogP contribution in [0, 0.1) is 6.92 Å². The zero-order valence-corrected chi connectivity index (χ0v) is 10.3. The molecule has 0 spiro atoms. The van der Waals surface area contributed by atoms with Gasteiger partial charge in [0.05, 0.1) is 12.2 Å². The molecule has 98 valence electrons. The molecule has 18 heavy (non-hydrogen) atoms. The van der Waals surface area contributed by atoms with Crippen LogP contribution in [0.3, 0.4) is 0 Å². The van der Waals surface area contributed by atoms with E-state index in [2.05, 4.69) is 5.32 Å². The molecule has 1 aromatic carbocycles. The Morgan fingerprint density at radius 1 is 1.50 bits per heavy atom. The number of hydrogen-bond donors (Lipinski definition) is 3. The summed E-state index contributed by atoms with van der Waals surface area (Å²) in [6.07, 6.45) is 0. The van der Waals surface area contributed by atoms with Gasteiger partial charge in [0.2, 0.25) is 0 Å². The van der Waals surface area contributed by atoms with Gasteiger partial charge < -0.3 is 20.9 Å². The van der Waals surface area contributed by atoms with Gasteiger partial charge >= 0.3 is 5.97 Å². The van der Waals surface area contributed by atoms with Gasteiger partial charge in [-0.15, -0.1) is 0 Å². The number of carboxylic acid groups (broad SMARTS) is 1. The van der Waals surface area contributed by atoms with Crippen molar-refractivity contribution in [3.8, 4) is 0 Å². The summed E-state index contributed by atoms with van der Waals surface area (Å²) < 4.78 is 4.81. The minimum atomic E-state index is -1.06. The summed E-state index contributed by atoms with van der Waals surface area (Å²) in [5.41, 5.74) is 6.77. The maximum absolute atomic E-state index is 11.2. The molecule has 6 nitrogen and oxygen atoms in total. The van der Waals surface area contributed by atoms with Crippen molar-refractivity contribution in [2.24, 2.45) is 5.73 Å².